The van der Waals surface area contributed by atoms with E-state index in [0.717, 1.165) is 6.20 Å². The standard InChI is InChI=1S/C7H5ClFN/c1-2-7-6(8)3-5(9)4-10-7/h2-4H,1H2. The van der Waals surface area contributed by atoms with Crippen molar-refractivity contribution >= 4 is 17.7 Å². The second-order valence-corrected chi connectivity index (χ2v) is 2.13. The van der Waals surface area contributed by atoms with Crippen molar-refractivity contribution in [2.24, 2.45) is 0 Å². The molecule has 1 aromatic heterocycles. The summed E-state index contributed by atoms with van der Waals surface area (Å²) in [5, 5.41) is 0.287. The van der Waals surface area contributed by atoms with Gasteiger partial charge in [0.25, 0.3) is 0 Å². The van der Waals surface area contributed by atoms with E-state index in [2.05, 4.69) is 11.6 Å². The summed E-state index contributed by atoms with van der Waals surface area (Å²) in [5.41, 5.74) is 0.503. The van der Waals surface area contributed by atoms with Crippen molar-refractivity contribution in [3.63, 3.8) is 0 Å². The molecule has 0 spiro atoms. The Kier molecular flexibility index (Phi) is 2.02. The van der Waals surface area contributed by atoms with Gasteiger partial charge in [-0.2, -0.15) is 0 Å². The van der Waals surface area contributed by atoms with E-state index in [1.54, 1.807) is 0 Å². The van der Waals surface area contributed by atoms with Gasteiger partial charge in [-0.05, 0) is 12.1 Å². The van der Waals surface area contributed by atoms with Crippen LogP contribution < -0.4 is 0 Å². The van der Waals surface area contributed by atoms with E-state index in [9.17, 15) is 4.39 Å². The number of pyridine rings is 1. The van der Waals surface area contributed by atoms with Crippen LogP contribution >= 0.6 is 11.6 Å². The molecule has 0 aromatic carbocycles. The fourth-order valence-electron chi connectivity index (χ4n) is 0.575. The second kappa shape index (κ2) is 2.80. The Morgan fingerprint density at radius 2 is 2.40 bits per heavy atom. The zero-order valence-electron chi connectivity index (χ0n) is 5.14. The van der Waals surface area contributed by atoms with Gasteiger partial charge in [-0.1, -0.05) is 18.2 Å². The highest BCUT2D eigenvalue weighted by Crippen LogP contribution is 2.14. The number of halogens is 2. The third kappa shape index (κ3) is 1.33. The first-order chi connectivity index (χ1) is 4.74. The Balaban J connectivity index is 3.19. The van der Waals surface area contributed by atoms with Gasteiger partial charge in [-0.3, -0.25) is 4.98 Å². The first kappa shape index (κ1) is 7.22. The molecular formula is C7H5ClFN. The summed E-state index contributed by atoms with van der Waals surface area (Å²) in [6, 6.07) is 1.20. The van der Waals surface area contributed by atoms with Crippen molar-refractivity contribution in [3.05, 3.63) is 35.4 Å². The van der Waals surface area contributed by atoms with Crippen LogP contribution in [-0.4, -0.2) is 4.98 Å². The van der Waals surface area contributed by atoms with Gasteiger partial charge in [0.15, 0.2) is 0 Å². The summed E-state index contributed by atoms with van der Waals surface area (Å²) in [6.07, 6.45) is 2.57. The molecule has 10 heavy (non-hydrogen) atoms. The van der Waals surface area contributed by atoms with Crippen molar-refractivity contribution in [1.82, 2.24) is 4.98 Å². The molecule has 1 heterocycles. The Labute approximate surface area is 63.2 Å². The van der Waals surface area contributed by atoms with Crippen LogP contribution in [0.2, 0.25) is 5.02 Å². The first-order valence-corrected chi connectivity index (χ1v) is 3.05. The van der Waals surface area contributed by atoms with Crippen LogP contribution in [0.3, 0.4) is 0 Å². The normalized spacial score (nSPS) is 9.40. The van der Waals surface area contributed by atoms with Crippen LogP contribution in [0.25, 0.3) is 6.08 Å². The lowest BCUT2D eigenvalue weighted by atomic mass is 10.3. The predicted molar refractivity (Wildman–Crippen MR) is 39.3 cm³/mol. The van der Waals surface area contributed by atoms with Gasteiger partial charge in [-0.25, -0.2) is 4.39 Å². The number of aromatic nitrogens is 1. The van der Waals surface area contributed by atoms with Crippen molar-refractivity contribution in [2.75, 3.05) is 0 Å². The highest BCUT2D eigenvalue weighted by atomic mass is 35.5. The van der Waals surface area contributed by atoms with Crippen LogP contribution in [0.5, 0.6) is 0 Å². The number of rotatable bonds is 1. The van der Waals surface area contributed by atoms with Gasteiger partial charge in [0.2, 0.25) is 0 Å². The fourth-order valence-corrected chi connectivity index (χ4v) is 0.806. The predicted octanol–water partition coefficient (Wildman–Crippen LogP) is 2.52. The molecule has 0 N–H and O–H groups in total. The molecule has 0 aliphatic carbocycles. The quantitative estimate of drug-likeness (QED) is 0.611. The summed E-state index contributed by atoms with van der Waals surface area (Å²) in [5.74, 6) is -0.435. The summed E-state index contributed by atoms with van der Waals surface area (Å²) < 4.78 is 12.3. The van der Waals surface area contributed by atoms with Gasteiger partial charge in [0.05, 0.1) is 16.9 Å². The molecule has 0 amide bonds. The third-order valence-electron chi connectivity index (χ3n) is 1.03. The molecule has 3 heteroatoms. The molecule has 0 atom stereocenters. The number of hydrogen-bond donors (Lipinski definition) is 0. The van der Waals surface area contributed by atoms with Crippen LogP contribution in [0.1, 0.15) is 5.69 Å². The van der Waals surface area contributed by atoms with Gasteiger partial charge in [0.1, 0.15) is 5.82 Å². The van der Waals surface area contributed by atoms with Gasteiger partial charge in [0, 0.05) is 0 Å². The summed E-state index contributed by atoms with van der Waals surface area (Å²) in [7, 11) is 0. The minimum atomic E-state index is -0.435. The van der Waals surface area contributed by atoms with E-state index in [0.29, 0.717) is 5.69 Å². The monoisotopic (exact) mass is 157 g/mol. The van der Waals surface area contributed by atoms with E-state index in [-0.39, 0.29) is 5.02 Å². The van der Waals surface area contributed by atoms with Gasteiger partial charge < -0.3 is 0 Å². The molecule has 0 unspecified atom stereocenters. The average Bonchev–Trinajstić information content (AvgIpc) is 1.88. The highest BCUT2D eigenvalue weighted by molar-refractivity contribution is 6.31. The van der Waals surface area contributed by atoms with Crippen LogP contribution in [0, 0.1) is 5.82 Å². The van der Waals surface area contributed by atoms with E-state index in [1.807, 2.05) is 0 Å². The van der Waals surface area contributed by atoms with Crippen LogP contribution in [0.4, 0.5) is 4.39 Å². The van der Waals surface area contributed by atoms with E-state index < -0.39 is 5.82 Å². The Bertz CT molecular complexity index is 260. The Morgan fingerprint density at radius 1 is 1.70 bits per heavy atom. The molecule has 1 nitrogen and oxygen atoms in total. The third-order valence-corrected chi connectivity index (χ3v) is 1.33. The molecule has 52 valence electrons. The van der Waals surface area contributed by atoms with Gasteiger partial charge >= 0.3 is 0 Å². The molecular weight excluding hydrogens is 153 g/mol. The number of hydrogen-bond acceptors (Lipinski definition) is 1. The average molecular weight is 158 g/mol. The van der Waals surface area contributed by atoms with Crippen molar-refractivity contribution in [3.8, 4) is 0 Å². The van der Waals surface area contributed by atoms with Crippen LogP contribution in [0.15, 0.2) is 18.8 Å². The van der Waals surface area contributed by atoms with Crippen molar-refractivity contribution in [1.29, 1.82) is 0 Å². The highest BCUT2D eigenvalue weighted by Gasteiger charge is 1.97. The summed E-state index contributed by atoms with van der Waals surface area (Å²) >= 11 is 5.56. The van der Waals surface area contributed by atoms with Crippen molar-refractivity contribution in [2.45, 2.75) is 0 Å². The van der Waals surface area contributed by atoms with E-state index in [1.165, 1.54) is 12.1 Å². The Hall–Kier alpha value is -0.890. The fraction of sp³-hybridized carbons (Fsp3) is 0. The molecule has 0 aliphatic rings. The minimum absolute atomic E-state index is 0.287. The molecule has 1 aromatic rings. The van der Waals surface area contributed by atoms with Gasteiger partial charge in [-0.15, -0.1) is 0 Å². The maximum atomic E-state index is 12.3. The zero-order valence-corrected chi connectivity index (χ0v) is 5.90. The Morgan fingerprint density at radius 3 is 2.90 bits per heavy atom. The lowest BCUT2D eigenvalue weighted by molar-refractivity contribution is 0.621. The topological polar surface area (TPSA) is 12.9 Å². The smallest absolute Gasteiger partial charge is 0.143 e. The molecule has 0 aliphatic heterocycles. The molecule has 0 saturated carbocycles. The summed E-state index contributed by atoms with van der Waals surface area (Å²) in [4.78, 5) is 3.67. The maximum absolute atomic E-state index is 12.3. The minimum Gasteiger partial charge on any atom is -0.252 e. The largest absolute Gasteiger partial charge is 0.252 e. The molecule has 0 radical (unpaired) electrons. The van der Waals surface area contributed by atoms with E-state index >= 15 is 0 Å². The molecule has 0 saturated heterocycles. The summed E-state index contributed by atoms with van der Waals surface area (Å²) in [6.45, 7) is 3.45. The van der Waals surface area contributed by atoms with E-state index in [4.69, 9.17) is 11.6 Å². The SMILES string of the molecule is C=Cc1ncc(F)cc1Cl. The molecule has 0 bridgehead atoms. The molecule has 1 rings (SSSR count). The zero-order chi connectivity index (χ0) is 7.56. The first-order valence-electron chi connectivity index (χ1n) is 2.67. The lowest BCUT2D eigenvalue weighted by Gasteiger charge is -1.94. The second-order valence-electron chi connectivity index (χ2n) is 1.72. The molecule has 0 fully saturated rings. The van der Waals surface area contributed by atoms with Crippen molar-refractivity contribution < 1.29 is 4.39 Å². The van der Waals surface area contributed by atoms with Crippen LogP contribution in [-0.2, 0) is 0 Å². The lowest BCUT2D eigenvalue weighted by Crippen LogP contribution is -1.83. The number of nitrogens with zero attached hydrogens (tertiary/aromatic N) is 1. The maximum Gasteiger partial charge on any atom is 0.143 e.